The normalized spacial score (nSPS) is 27.9. The van der Waals surface area contributed by atoms with E-state index in [4.69, 9.17) is 0 Å². The van der Waals surface area contributed by atoms with Crippen molar-refractivity contribution >= 4 is 11.6 Å². The molecule has 1 fully saturated rings. The second-order valence-electron chi connectivity index (χ2n) is 4.29. The molecule has 1 aromatic rings. The molecule has 0 bridgehead atoms. The molecule has 0 aromatic heterocycles. The Bertz CT molecular complexity index is 399. The van der Waals surface area contributed by atoms with Crippen molar-refractivity contribution in [3.63, 3.8) is 0 Å². The molecule has 2 heteroatoms. The fourth-order valence-corrected chi connectivity index (χ4v) is 2.51. The van der Waals surface area contributed by atoms with Crippen LogP contribution in [-0.4, -0.2) is 12.5 Å². The van der Waals surface area contributed by atoms with Crippen LogP contribution in [0.3, 0.4) is 0 Å². The molecule has 1 aliphatic carbocycles. The lowest BCUT2D eigenvalue weighted by molar-refractivity contribution is -0.116. The summed E-state index contributed by atoms with van der Waals surface area (Å²) in [6.45, 7) is 2.58. The second-order valence-corrected chi connectivity index (χ2v) is 4.29. The van der Waals surface area contributed by atoms with E-state index in [9.17, 15) is 4.79 Å². The van der Waals surface area contributed by atoms with Crippen LogP contribution in [0.25, 0.3) is 0 Å². The largest absolute Gasteiger partial charge is 0.312 e. The maximum absolute atomic E-state index is 11.5. The molecule has 1 aromatic carbocycles. The third-order valence-corrected chi connectivity index (χ3v) is 3.35. The topological polar surface area (TPSA) is 20.3 Å². The van der Waals surface area contributed by atoms with Gasteiger partial charge in [-0.2, -0.15) is 0 Å². The summed E-state index contributed by atoms with van der Waals surface area (Å²) < 4.78 is 0. The first-order valence-corrected chi connectivity index (χ1v) is 5.14. The number of benzene rings is 1. The van der Waals surface area contributed by atoms with Crippen LogP contribution in [0.5, 0.6) is 0 Å². The number of nitrogens with zero attached hydrogens (tertiary/aromatic N) is 1. The standard InChI is InChI=1S/C12H13NO/c1-8(14)13-7-9-6-11(9)10-4-2-3-5-12(10)13/h2-5,9,11H,6-7H2,1H3/t9-,11-/m0/s1. The quantitative estimate of drug-likeness (QED) is 0.609. The van der Waals surface area contributed by atoms with Gasteiger partial charge < -0.3 is 4.90 Å². The van der Waals surface area contributed by atoms with Gasteiger partial charge in [-0.15, -0.1) is 0 Å². The van der Waals surface area contributed by atoms with Crippen molar-refractivity contribution in [2.45, 2.75) is 19.3 Å². The summed E-state index contributed by atoms with van der Waals surface area (Å²) in [4.78, 5) is 13.4. The smallest absolute Gasteiger partial charge is 0.223 e. The number of rotatable bonds is 0. The summed E-state index contributed by atoms with van der Waals surface area (Å²) in [5.74, 6) is 1.64. The Hall–Kier alpha value is -1.31. The molecule has 2 atom stereocenters. The second kappa shape index (κ2) is 2.59. The molecule has 1 saturated carbocycles. The first kappa shape index (κ1) is 8.04. The summed E-state index contributed by atoms with van der Waals surface area (Å²) in [5.41, 5.74) is 2.51. The number of carbonyl (C=O) groups is 1. The molecule has 2 nitrogen and oxygen atoms in total. The van der Waals surface area contributed by atoms with Gasteiger partial charge in [-0.1, -0.05) is 18.2 Å². The molecule has 2 aliphatic rings. The van der Waals surface area contributed by atoms with E-state index in [0.717, 1.165) is 24.1 Å². The summed E-state index contributed by atoms with van der Waals surface area (Å²) in [6, 6.07) is 8.30. The number of para-hydroxylation sites is 1. The number of amides is 1. The highest BCUT2D eigenvalue weighted by Crippen LogP contribution is 2.54. The SMILES string of the molecule is CC(=O)N1C[C@@H]2C[C@@H]2c2ccccc21. The highest BCUT2D eigenvalue weighted by molar-refractivity contribution is 5.93. The molecule has 14 heavy (non-hydrogen) atoms. The third kappa shape index (κ3) is 0.999. The van der Waals surface area contributed by atoms with Crippen molar-refractivity contribution in [3.05, 3.63) is 29.8 Å². The van der Waals surface area contributed by atoms with Crippen molar-refractivity contribution in [3.8, 4) is 0 Å². The monoisotopic (exact) mass is 187 g/mol. The Kier molecular flexibility index (Phi) is 1.49. The van der Waals surface area contributed by atoms with Crippen LogP contribution in [0.15, 0.2) is 24.3 Å². The van der Waals surface area contributed by atoms with Crippen molar-refractivity contribution in [2.75, 3.05) is 11.4 Å². The van der Waals surface area contributed by atoms with Crippen molar-refractivity contribution in [1.29, 1.82) is 0 Å². The van der Waals surface area contributed by atoms with E-state index in [-0.39, 0.29) is 5.91 Å². The summed E-state index contributed by atoms with van der Waals surface area (Å²) in [6.07, 6.45) is 1.26. The molecule has 0 spiro atoms. The molecule has 0 saturated heterocycles. The zero-order valence-corrected chi connectivity index (χ0v) is 8.23. The maximum atomic E-state index is 11.5. The van der Waals surface area contributed by atoms with E-state index in [2.05, 4.69) is 18.2 Å². The van der Waals surface area contributed by atoms with Crippen LogP contribution in [0.1, 0.15) is 24.8 Å². The summed E-state index contributed by atoms with van der Waals surface area (Å²) in [7, 11) is 0. The predicted molar refractivity (Wildman–Crippen MR) is 55.3 cm³/mol. The third-order valence-electron chi connectivity index (χ3n) is 3.35. The highest BCUT2D eigenvalue weighted by Gasteiger charge is 2.45. The van der Waals surface area contributed by atoms with E-state index >= 15 is 0 Å². The van der Waals surface area contributed by atoms with Gasteiger partial charge in [0.15, 0.2) is 0 Å². The van der Waals surface area contributed by atoms with Crippen LogP contribution in [0.4, 0.5) is 5.69 Å². The van der Waals surface area contributed by atoms with Gasteiger partial charge in [-0.3, -0.25) is 4.79 Å². The molecule has 0 unspecified atom stereocenters. The number of hydrogen-bond donors (Lipinski definition) is 0. The van der Waals surface area contributed by atoms with E-state index in [0.29, 0.717) is 0 Å². The van der Waals surface area contributed by atoms with Crippen LogP contribution in [-0.2, 0) is 4.79 Å². The maximum Gasteiger partial charge on any atom is 0.223 e. The van der Waals surface area contributed by atoms with Crippen LogP contribution in [0, 0.1) is 5.92 Å². The average Bonchev–Trinajstić information content (AvgIpc) is 2.95. The molecule has 72 valence electrons. The van der Waals surface area contributed by atoms with Gasteiger partial charge >= 0.3 is 0 Å². The van der Waals surface area contributed by atoms with E-state index < -0.39 is 0 Å². The van der Waals surface area contributed by atoms with E-state index in [1.807, 2.05) is 11.0 Å². The van der Waals surface area contributed by atoms with Gasteiger partial charge in [0.05, 0.1) is 0 Å². The Morgan fingerprint density at radius 3 is 3.00 bits per heavy atom. The van der Waals surface area contributed by atoms with Crippen LogP contribution in [0.2, 0.25) is 0 Å². The molecule has 3 rings (SSSR count). The van der Waals surface area contributed by atoms with Gasteiger partial charge in [0.1, 0.15) is 0 Å². The van der Waals surface area contributed by atoms with Crippen LogP contribution >= 0.6 is 0 Å². The molecular weight excluding hydrogens is 174 g/mol. The minimum absolute atomic E-state index is 0.169. The fraction of sp³-hybridized carbons (Fsp3) is 0.417. The fourth-order valence-electron chi connectivity index (χ4n) is 2.51. The van der Waals surface area contributed by atoms with Crippen molar-refractivity contribution < 1.29 is 4.79 Å². The molecule has 1 heterocycles. The lowest BCUT2D eigenvalue weighted by Crippen LogP contribution is -2.33. The zero-order valence-electron chi connectivity index (χ0n) is 8.23. The Balaban J connectivity index is 2.11. The van der Waals surface area contributed by atoms with Gasteiger partial charge in [-0.25, -0.2) is 0 Å². The number of anilines is 1. The van der Waals surface area contributed by atoms with Gasteiger partial charge in [0.25, 0.3) is 0 Å². The Morgan fingerprint density at radius 1 is 1.43 bits per heavy atom. The zero-order chi connectivity index (χ0) is 9.71. The highest BCUT2D eigenvalue weighted by atomic mass is 16.2. The molecule has 1 aliphatic heterocycles. The lowest BCUT2D eigenvalue weighted by Gasteiger charge is -2.27. The van der Waals surface area contributed by atoms with Crippen molar-refractivity contribution in [2.24, 2.45) is 5.92 Å². The van der Waals surface area contributed by atoms with Crippen molar-refractivity contribution in [1.82, 2.24) is 0 Å². The first-order chi connectivity index (χ1) is 6.77. The number of carbonyl (C=O) groups excluding carboxylic acids is 1. The van der Waals surface area contributed by atoms with E-state index in [1.165, 1.54) is 12.0 Å². The van der Waals surface area contributed by atoms with Gasteiger partial charge in [0.2, 0.25) is 5.91 Å². The lowest BCUT2D eigenvalue weighted by atomic mass is 10.0. The Labute approximate surface area is 83.5 Å². The minimum atomic E-state index is 0.169. The number of hydrogen-bond acceptors (Lipinski definition) is 1. The van der Waals surface area contributed by atoms with Crippen LogP contribution < -0.4 is 4.90 Å². The summed E-state index contributed by atoms with van der Waals surface area (Å²) in [5, 5.41) is 0. The molecular formula is C12H13NO. The molecule has 0 radical (unpaired) electrons. The minimum Gasteiger partial charge on any atom is -0.312 e. The summed E-state index contributed by atoms with van der Waals surface area (Å²) >= 11 is 0. The van der Waals surface area contributed by atoms with Gasteiger partial charge in [-0.05, 0) is 29.9 Å². The average molecular weight is 187 g/mol. The number of fused-ring (bicyclic) bond motifs is 3. The van der Waals surface area contributed by atoms with Gasteiger partial charge in [0, 0.05) is 19.2 Å². The molecule has 0 N–H and O–H groups in total. The molecule has 1 amide bonds. The van der Waals surface area contributed by atoms with E-state index in [1.54, 1.807) is 6.92 Å². The first-order valence-electron chi connectivity index (χ1n) is 5.14. The Morgan fingerprint density at radius 2 is 2.21 bits per heavy atom. The predicted octanol–water partition coefficient (Wildman–Crippen LogP) is 2.16.